The van der Waals surface area contributed by atoms with Crippen LogP contribution in [0.25, 0.3) is 0 Å². The summed E-state index contributed by atoms with van der Waals surface area (Å²) in [7, 11) is 0. The van der Waals surface area contributed by atoms with E-state index in [9.17, 15) is 9.18 Å². The van der Waals surface area contributed by atoms with E-state index < -0.39 is 17.4 Å². The van der Waals surface area contributed by atoms with E-state index >= 15 is 0 Å². The minimum atomic E-state index is -0.637. The van der Waals surface area contributed by atoms with Crippen LogP contribution in [0.4, 0.5) is 4.39 Å². The molecule has 3 nitrogen and oxygen atoms in total. The number of ether oxygens (including phenoxy) is 2. The van der Waals surface area contributed by atoms with Gasteiger partial charge in [-0.1, -0.05) is 0 Å². The molecule has 0 heterocycles. The molecule has 4 rings (SSSR count). The highest BCUT2D eigenvalue weighted by Gasteiger charge is 2.42. The van der Waals surface area contributed by atoms with Crippen LogP contribution in [0.15, 0.2) is 12.1 Å². The van der Waals surface area contributed by atoms with Crippen molar-refractivity contribution in [2.45, 2.75) is 76.9 Å². The predicted octanol–water partition coefficient (Wildman–Crippen LogP) is 5.23. The lowest BCUT2D eigenvalue weighted by atomic mass is 9.97. The van der Waals surface area contributed by atoms with Crippen molar-refractivity contribution < 1.29 is 18.7 Å². The molecule has 25 heavy (non-hydrogen) atoms. The number of fused-ring (bicyclic) bond motifs is 2. The molecule has 0 N–H and O–H groups in total. The predicted molar refractivity (Wildman–Crippen MR) is 93.4 cm³/mol. The van der Waals surface area contributed by atoms with Crippen LogP contribution >= 0.6 is 0 Å². The molecule has 3 saturated carbocycles. The van der Waals surface area contributed by atoms with Crippen LogP contribution in [0.5, 0.6) is 5.75 Å². The summed E-state index contributed by atoms with van der Waals surface area (Å²) in [6.07, 6.45) is 7.24. The molecular weight excluding hydrogens is 319 g/mol. The van der Waals surface area contributed by atoms with Crippen molar-refractivity contribution in [1.29, 1.82) is 0 Å². The van der Waals surface area contributed by atoms with E-state index in [1.165, 1.54) is 25.3 Å². The molecule has 3 aliphatic carbocycles. The Morgan fingerprint density at radius 2 is 1.88 bits per heavy atom. The Morgan fingerprint density at radius 1 is 1.12 bits per heavy atom. The number of hydrogen-bond donors (Lipinski definition) is 0. The molecule has 3 aliphatic rings. The van der Waals surface area contributed by atoms with E-state index in [1.807, 2.05) is 0 Å². The highest BCUT2D eigenvalue weighted by atomic mass is 19.1. The second kappa shape index (κ2) is 6.00. The first-order valence-corrected chi connectivity index (χ1v) is 9.53. The zero-order chi connectivity index (χ0) is 17.8. The number of benzene rings is 1. The summed E-state index contributed by atoms with van der Waals surface area (Å²) < 4.78 is 26.2. The Morgan fingerprint density at radius 3 is 2.44 bits per heavy atom. The highest BCUT2D eigenvalue weighted by Crippen LogP contribution is 2.49. The van der Waals surface area contributed by atoms with Gasteiger partial charge in [0.05, 0.1) is 5.56 Å². The zero-order valence-electron chi connectivity index (χ0n) is 15.3. The van der Waals surface area contributed by atoms with E-state index in [1.54, 1.807) is 26.8 Å². The van der Waals surface area contributed by atoms with E-state index in [2.05, 4.69) is 0 Å². The number of hydrogen-bond acceptors (Lipinski definition) is 3. The van der Waals surface area contributed by atoms with Gasteiger partial charge in [0.25, 0.3) is 0 Å². The maximum atomic E-state index is 14.6. The van der Waals surface area contributed by atoms with Gasteiger partial charge in [-0.05, 0) is 88.7 Å². The summed E-state index contributed by atoms with van der Waals surface area (Å²) >= 11 is 0. The minimum Gasteiger partial charge on any atom is -0.490 e. The SMILES string of the molecule is CC(C)(C)OC(=O)c1cc(C2CC2)c(O[C@H]2C[C@@H]3CC[C@H]2C3)cc1F. The van der Waals surface area contributed by atoms with Gasteiger partial charge in [0.1, 0.15) is 23.3 Å². The molecule has 3 fully saturated rings. The molecule has 2 bridgehead atoms. The molecule has 0 aliphatic heterocycles. The van der Waals surface area contributed by atoms with E-state index in [4.69, 9.17) is 9.47 Å². The second-order valence-electron chi connectivity index (χ2n) is 8.98. The Hall–Kier alpha value is -1.58. The van der Waals surface area contributed by atoms with Crippen molar-refractivity contribution in [3.8, 4) is 5.75 Å². The van der Waals surface area contributed by atoms with E-state index in [-0.39, 0.29) is 11.7 Å². The fourth-order valence-corrected chi connectivity index (χ4v) is 4.37. The van der Waals surface area contributed by atoms with Crippen molar-refractivity contribution in [2.24, 2.45) is 11.8 Å². The van der Waals surface area contributed by atoms with Crippen LogP contribution in [0.1, 0.15) is 81.1 Å². The summed E-state index contributed by atoms with van der Waals surface area (Å²) in [6, 6.07) is 3.09. The van der Waals surface area contributed by atoms with Crippen molar-refractivity contribution in [1.82, 2.24) is 0 Å². The number of carbonyl (C=O) groups excluding carboxylic acids is 1. The Bertz CT molecular complexity index is 687. The lowest BCUT2D eigenvalue weighted by Crippen LogP contribution is -2.25. The first-order valence-electron chi connectivity index (χ1n) is 9.53. The molecule has 136 valence electrons. The number of halogens is 1. The average Bonchev–Trinajstić information content (AvgIpc) is 3.13. The fraction of sp³-hybridized carbons (Fsp3) is 0.667. The molecule has 1 aromatic carbocycles. The molecule has 1 aromatic rings. The monoisotopic (exact) mass is 346 g/mol. The number of rotatable bonds is 4. The molecule has 4 heteroatoms. The van der Waals surface area contributed by atoms with Gasteiger partial charge in [-0.3, -0.25) is 0 Å². The normalized spacial score (nSPS) is 28.2. The molecule has 0 saturated heterocycles. The van der Waals surface area contributed by atoms with Gasteiger partial charge in [0, 0.05) is 6.07 Å². The first-order chi connectivity index (χ1) is 11.8. The smallest absolute Gasteiger partial charge is 0.341 e. The molecular formula is C21H27FO3. The highest BCUT2D eigenvalue weighted by molar-refractivity contribution is 5.90. The molecule has 3 atom stereocenters. The number of carbonyl (C=O) groups is 1. The van der Waals surface area contributed by atoms with Crippen molar-refractivity contribution >= 4 is 5.97 Å². The Kier molecular flexibility index (Phi) is 4.04. The average molecular weight is 346 g/mol. The first kappa shape index (κ1) is 16.9. The zero-order valence-corrected chi connectivity index (χ0v) is 15.3. The van der Waals surface area contributed by atoms with Gasteiger partial charge < -0.3 is 9.47 Å². The van der Waals surface area contributed by atoms with Gasteiger partial charge in [-0.15, -0.1) is 0 Å². The third kappa shape index (κ3) is 3.54. The third-order valence-corrected chi connectivity index (χ3v) is 5.69. The Labute approximate surface area is 148 Å². The Balaban J connectivity index is 1.59. The molecule has 0 spiro atoms. The maximum Gasteiger partial charge on any atom is 0.341 e. The summed E-state index contributed by atoms with van der Waals surface area (Å²) in [5.74, 6) is 1.28. The standard InChI is InChI=1S/C21H27FO3/c1-21(2,3)25-20(23)16-10-15(13-6-7-13)19(11-17(16)22)24-18-9-12-4-5-14(18)8-12/h10-14,18H,4-9H2,1-3H3/t12-,14+,18+/m1/s1. The fourth-order valence-electron chi connectivity index (χ4n) is 4.37. The number of esters is 1. The van der Waals surface area contributed by atoms with Crippen LogP contribution in [0.2, 0.25) is 0 Å². The van der Waals surface area contributed by atoms with Crippen molar-refractivity contribution in [3.63, 3.8) is 0 Å². The van der Waals surface area contributed by atoms with Crippen molar-refractivity contribution in [3.05, 3.63) is 29.1 Å². The molecule has 0 amide bonds. The summed E-state index contributed by atoms with van der Waals surface area (Å²) in [6.45, 7) is 5.37. The van der Waals surface area contributed by atoms with Crippen LogP contribution in [-0.4, -0.2) is 17.7 Å². The lowest BCUT2D eigenvalue weighted by Gasteiger charge is -2.25. The topological polar surface area (TPSA) is 35.5 Å². The van der Waals surface area contributed by atoms with E-state index in [0.29, 0.717) is 17.6 Å². The maximum absolute atomic E-state index is 14.6. The van der Waals surface area contributed by atoms with Gasteiger partial charge in [0.2, 0.25) is 0 Å². The van der Waals surface area contributed by atoms with Crippen LogP contribution in [-0.2, 0) is 4.74 Å². The van der Waals surface area contributed by atoms with Crippen molar-refractivity contribution in [2.75, 3.05) is 0 Å². The van der Waals surface area contributed by atoms with Gasteiger partial charge >= 0.3 is 5.97 Å². The summed E-state index contributed by atoms with van der Waals surface area (Å²) in [5.41, 5.74) is 0.365. The van der Waals surface area contributed by atoms with Gasteiger partial charge in [0.15, 0.2) is 0 Å². The molecule has 0 aromatic heterocycles. The largest absolute Gasteiger partial charge is 0.490 e. The van der Waals surface area contributed by atoms with Crippen LogP contribution in [0, 0.1) is 17.7 Å². The quantitative estimate of drug-likeness (QED) is 0.701. The summed E-state index contributed by atoms with van der Waals surface area (Å²) in [5, 5.41) is 0. The molecule has 0 radical (unpaired) electrons. The third-order valence-electron chi connectivity index (χ3n) is 5.69. The van der Waals surface area contributed by atoms with Gasteiger partial charge in [-0.2, -0.15) is 0 Å². The molecule has 0 unspecified atom stereocenters. The minimum absolute atomic E-state index is 0.0251. The van der Waals surface area contributed by atoms with Crippen LogP contribution in [0.3, 0.4) is 0 Å². The van der Waals surface area contributed by atoms with E-state index in [0.717, 1.165) is 30.7 Å². The second-order valence-corrected chi connectivity index (χ2v) is 8.98. The lowest BCUT2D eigenvalue weighted by molar-refractivity contribution is 0.00645. The summed E-state index contributed by atoms with van der Waals surface area (Å²) in [4.78, 5) is 12.3. The van der Waals surface area contributed by atoms with Crippen LogP contribution < -0.4 is 4.74 Å². The van der Waals surface area contributed by atoms with Gasteiger partial charge in [-0.25, -0.2) is 9.18 Å².